The summed E-state index contributed by atoms with van der Waals surface area (Å²) in [4.78, 5) is 0.344. The zero-order valence-electron chi connectivity index (χ0n) is 10.8. The highest BCUT2D eigenvalue weighted by atomic mass is 35.5. The van der Waals surface area contributed by atoms with Crippen molar-refractivity contribution in [2.75, 3.05) is 11.4 Å². The summed E-state index contributed by atoms with van der Waals surface area (Å²) < 4.78 is 26.3. The fourth-order valence-electron chi connectivity index (χ4n) is 1.77. The van der Waals surface area contributed by atoms with Gasteiger partial charge in [0.15, 0.2) is 0 Å². The van der Waals surface area contributed by atoms with E-state index in [-0.39, 0.29) is 12.4 Å². The number of sulfonamides is 1. The highest BCUT2D eigenvalue weighted by Gasteiger charge is 2.22. The number of benzene rings is 2. The van der Waals surface area contributed by atoms with Crippen LogP contribution in [0.3, 0.4) is 0 Å². The second kappa shape index (κ2) is 6.08. The summed E-state index contributed by atoms with van der Waals surface area (Å²) in [5.41, 5.74) is 1.40. The van der Waals surface area contributed by atoms with Crippen LogP contribution in [0.5, 0.6) is 0 Å². The van der Waals surface area contributed by atoms with Gasteiger partial charge in [0.2, 0.25) is 0 Å². The van der Waals surface area contributed by atoms with E-state index in [0.717, 1.165) is 5.56 Å². The molecule has 0 atom stereocenters. The molecular formula is C14H16ClNO2S. The Morgan fingerprint density at radius 2 is 1.42 bits per heavy atom. The molecule has 0 aliphatic rings. The van der Waals surface area contributed by atoms with Gasteiger partial charge in [-0.05, 0) is 30.7 Å². The number of aryl methyl sites for hydroxylation is 1. The molecule has 0 bridgehead atoms. The first-order valence-electron chi connectivity index (χ1n) is 5.63. The molecule has 2 rings (SSSR count). The summed E-state index contributed by atoms with van der Waals surface area (Å²) in [7, 11) is -1.92. The molecule has 0 aromatic heterocycles. The topological polar surface area (TPSA) is 37.4 Å². The summed E-state index contributed by atoms with van der Waals surface area (Å²) in [5, 5.41) is 0. The molecule has 0 N–H and O–H groups in total. The van der Waals surface area contributed by atoms with Crippen LogP contribution in [0.15, 0.2) is 59.5 Å². The molecule has 2 aromatic rings. The van der Waals surface area contributed by atoms with Crippen molar-refractivity contribution in [3.8, 4) is 0 Å². The molecule has 0 spiro atoms. The van der Waals surface area contributed by atoms with Crippen LogP contribution in [-0.2, 0) is 10.0 Å². The number of hydrogen-bond acceptors (Lipinski definition) is 2. The number of anilines is 1. The van der Waals surface area contributed by atoms with E-state index in [0.29, 0.717) is 10.6 Å². The van der Waals surface area contributed by atoms with E-state index in [9.17, 15) is 8.42 Å². The standard InChI is InChI=1S/C14H15NO2S.ClH/c1-12-8-6-7-11-14(12)18(16,17)15(2)13-9-4-3-5-10-13;/h3-11H,1-2H3;1H. The van der Waals surface area contributed by atoms with Crippen LogP contribution in [0.1, 0.15) is 5.56 Å². The average molecular weight is 298 g/mol. The minimum Gasteiger partial charge on any atom is -0.269 e. The van der Waals surface area contributed by atoms with Crippen LogP contribution in [0.2, 0.25) is 0 Å². The minimum atomic E-state index is -3.49. The molecule has 0 unspecified atom stereocenters. The molecular weight excluding hydrogens is 282 g/mol. The van der Waals surface area contributed by atoms with E-state index in [2.05, 4.69) is 0 Å². The lowest BCUT2D eigenvalue weighted by molar-refractivity contribution is 0.594. The maximum absolute atomic E-state index is 12.5. The summed E-state index contributed by atoms with van der Waals surface area (Å²) in [5.74, 6) is 0. The van der Waals surface area contributed by atoms with Crippen molar-refractivity contribution in [2.45, 2.75) is 11.8 Å². The number of halogens is 1. The molecule has 0 aliphatic carbocycles. The summed E-state index contributed by atoms with van der Waals surface area (Å²) in [6.07, 6.45) is 0. The van der Waals surface area contributed by atoms with E-state index >= 15 is 0 Å². The highest BCUT2D eigenvalue weighted by molar-refractivity contribution is 7.92. The van der Waals surface area contributed by atoms with Gasteiger partial charge in [-0.25, -0.2) is 8.42 Å². The van der Waals surface area contributed by atoms with E-state index < -0.39 is 10.0 Å². The Bertz CT molecular complexity index is 642. The van der Waals surface area contributed by atoms with Crippen LogP contribution < -0.4 is 4.31 Å². The van der Waals surface area contributed by atoms with E-state index in [1.165, 1.54) is 4.31 Å². The molecule has 0 radical (unpaired) electrons. The number of nitrogens with zero attached hydrogens (tertiary/aromatic N) is 1. The Kier molecular flexibility index (Phi) is 4.97. The second-order valence-corrected chi connectivity index (χ2v) is 6.01. The van der Waals surface area contributed by atoms with E-state index in [1.807, 2.05) is 24.3 Å². The van der Waals surface area contributed by atoms with Gasteiger partial charge in [0.25, 0.3) is 10.0 Å². The maximum Gasteiger partial charge on any atom is 0.264 e. The molecule has 0 saturated heterocycles. The molecule has 19 heavy (non-hydrogen) atoms. The summed E-state index contributed by atoms with van der Waals surface area (Å²) in [6.45, 7) is 1.80. The van der Waals surface area contributed by atoms with Crippen molar-refractivity contribution in [1.29, 1.82) is 0 Å². The third-order valence-corrected chi connectivity index (χ3v) is 4.80. The molecule has 2 aromatic carbocycles. The van der Waals surface area contributed by atoms with Gasteiger partial charge in [-0.15, -0.1) is 12.4 Å². The predicted molar refractivity (Wildman–Crippen MR) is 80.5 cm³/mol. The number of hydrogen-bond donors (Lipinski definition) is 0. The Balaban J connectivity index is 0.00000180. The third-order valence-electron chi connectivity index (χ3n) is 2.85. The third kappa shape index (κ3) is 3.08. The van der Waals surface area contributed by atoms with Gasteiger partial charge in [0, 0.05) is 7.05 Å². The lowest BCUT2D eigenvalue weighted by atomic mass is 10.2. The van der Waals surface area contributed by atoms with Gasteiger partial charge in [-0.2, -0.15) is 0 Å². The second-order valence-electron chi connectivity index (χ2n) is 4.07. The maximum atomic E-state index is 12.5. The van der Waals surface area contributed by atoms with Crippen LogP contribution in [0.25, 0.3) is 0 Å². The Labute approximate surface area is 120 Å². The predicted octanol–water partition coefficient (Wildman–Crippen LogP) is 3.24. The minimum absolute atomic E-state index is 0. The van der Waals surface area contributed by atoms with Crippen molar-refractivity contribution in [1.82, 2.24) is 0 Å². The summed E-state index contributed by atoms with van der Waals surface area (Å²) >= 11 is 0. The van der Waals surface area contributed by atoms with Crippen LogP contribution in [-0.4, -0.2) is 15.5 Å². The molecule has 0 fully saturated rings. The Morgan fingerprint density at radius 3 is 2.00 bits per heavy atom. The van der Waals surface area contributed by atoms with E-state index in [4.69, 9.17) is 0 Å². The van der Waals surface area contributed by atoms with Crippen molar-refractivity contribution in [3.05, 3.63) is 60.2 Å². The zero-order valence-corrected chi connectivity index (χ0v) is 12.4. The Morgan fingerprint density at radius 1 is 0.895 bits per heavy atom. The van der Waals surface area contributed by atoms with Crippen molar-refractivity contribution >= 4 is 28.1 Å². The van der Waals surface area contributed by atoms with Crippen LogP contribution in [0, 0.1) is 6.92 Å². The van der Waals surface area contributed by atoms with Gasteiger partial charge >= 0.3 is 0 Å². The first kappa shape index (κ1) is 15.5. The van der Waals surface area contributed by atoms with Gasteiger partial charge in [0.1, 0.15) is 0 Å². The summed E-state index contributed by atoms with van der Waals surface area (Å²) in [6, 6.07) is 16.0. The molecule has 0 heterocycles. The highest BCUT2D eigenvalue weighted by Crippen LogP contribution is 2.23. The molecule has 3 nitrogen and oxygen atoms in total. The van der Waals surface area contributed by atoms with Crippen molar-refractivity contribution in [3.63, 3.8) is 0 Å². The van der Waals surface area contributed by atoms with Crippen molar-refractivity contribution in [2.24, 2.45) is 0 Å². The SMILES string of the molecule is Cc1ccccc1S(=O)(=O)N(C)c1ccccc1.Cl. The van der Waals surface area contributed by atoms with E-state index in [1.54, 1.807) is 44.3 Å². The van der Waals surface area contributed by atoms with Gasteiger partial charge in [-0.1, -0.05) is 36.4 Å². The molecule has 5 heteroatoms. The van der Waals surface area contributed by atoms with Gasteiger partial charge in [-0.3, -0.25) is 4.31 Å². The molecule has 0 saturated carbocycles. The lowest BCUT2D eigenvalue weighted by Crippen LogP contribution is -2.27. The normalized spacial score (nSPS) is 10.6. The number of rotatable bonds is 3. The van der Waals surface area contributed by atoms with Crippen molar-refractivity contribution < 1.29 is 8.42 Å². The molecule has 0 aliphatic heterocycles. The first-order chi connectivity index (χ1) is 8.53. The molecule has 102 valence electrons. The fourth-order valence-corrected chi connectivity index (χ4v) is 3.19. The smallest absolute Gasteiger partial charge is 0.264 e. The Hall–Kier alpha value is -1.52. The zero-order chi connectivity index (χ0) is 13.2. The van der Waals surface area contributed by atoms with Gasteiger partial charge < -0.3 is 0 Å². The quantitative estimate of drug-likeness (QED) is 0.872. The fraction of sp³-hybridized carbons (Fsp3) is 0.143. The van der Waals surface area contributed by atoms with Crippen LogP contribution in [0.4, 0.5) is 5.69 Å². The molecule has 0 amide bonds. The average Bonchev–Trinajstić information content (AvgIpc) is 2.39. The first-order valence-corrected chi connectivity index (χ1v) is 7.07. The van der Waals surface area contributed by atoms with Crippen LogP contribution >= 0.6 is 12.4 Å². The lowest BCUT2D eigenvalue weighted by Gasteiger charge is -2.20. The largest absolute Gasteiger partial charge is 0.269 e. The van der Waals surface area contributed by atoms with Gasteiger partial charge in [0.05, 0.1) is 10.6 Å². The number of para-hydroxylation sites is 1. The monoisotopic (exact) mass is 297 g/mol.